The van der Waals surface area contributed by atoms with Gasteiger partial charge in [0.05, 0.1) is 17.2 Å². The minimum Gasteiger partial charge on any atom is -0.357 e. The third-order valence-electron chi connectivity index (χ3n) is 4.08. The smallest absolute Gasteiger partial charge is 0.194 e. The molecule has 2 heterocycles. The minimum absolute atomic E-state index is 0.594. The lowest BCUT2D eigenvalue weighted by atomic mass is 10.2. The number of likely N-dealkylation sites (tertiary alicyclic amines) is 1. The molecule has 0 bridgehead atoms. The lowest BCUT2D eigenvalue weighted by Gasteiger charge is -2.23. The molecule has 0 saturated carbocycles. The quantitative estimate of drug-likeness (QED) is 0.613. The second-order valence-corrected chi connectivity index (χ2v) is 7.58. The van der Waals surface area contributed by atoms with Crippen LogP contribution in [0.5, 0.6) is 0 Å². The van der Waals surface area contributed by atoms with Crippen LogP contribution in [0.2, 0.25) is 0 Å². The first-order chi connectivity index (χ1) is 11.1. The molecule has 1 saturated heterocycles. The van der Waals surface area contributed by atoms with E-state index in [9.17, 15) is 0 Å². The van der Waals surface area contributed by atoms with Gasteiger partial charge in [0.15, 0.2) is 5.96 Å². The fraction of sp³-hybridized carbons (Fsp3) is 0.765. The molecular formula is C17H31N5S. The maximum absolute atomic E-state index is 4.84. The highest BCUT2D eigenvalue weighted by Gasteiger charge is 2.15. The Balaban J connectivity index is 1.87. The lowest BCUT2D eigenvalue weighted by Crippen LogP contribution is -2.39. The van der Waals surface area contributed by atoms with Crippen LogP contribution < -0.4 is 5.32 Å². The Morgan fingerprint density at radius 3 is 2.83 bits per heavy atom. The van der Waals surface area contributed by atoms with Crippen LogP contribution >= 0.6 is 11.3 Å². The van der Waals surface area contributed by atoms with Crippen molar-refractivity contribution in [3.8, 4) is 0 Å². The summed E-state index contributed by atoms with van der Waals surface area (Å²) in [6.45, 7) is 12.7. The number of rotatable bonds is 7. The van der Waals surface area contributed by atoms with E-state index in [1.165, 1.54) is 25.9 Å². The summed E-state index contributed by atoms with van der Waals surface area (Å²) in [6.07, 6.45) is 2.71. The van der Waals surface area contributed by atoms with E-state index in [0.717, 1.165) is 42.8 Å². The molecule has 1 atom stereocenters. The van der Waals surface area contributed by atoms with Crippen molar-refractivity contribution in [1.82, 2.24) is 20.1 Å². The van der Waals surface area contributed by atoms with Gasteiger partial charge in [0.1, 0.15) is 0 Å². The molecule has 0 amide bonds. The number of aryl methyl sites for hydroxylation is 1. The highest BCUT2D eigenvalue weighted by atomic mass is 32.1. The van der Waals surface area contributed by atoms with Crippen LogP contribution in [-0.2, 0) is 6.54 Å². The van der Waals surface area contributed by atoms with E-state index < -0.39 is 0 Å². The van der Waals surface area contributed by atoms with Gasteiger partial charge in [0, 0.05) is 32.1 Å². The Morgan fingerprint density at radius 1 is 1.48 bits per heavy atom. The van der Waals surface area contributed by atoms with E-state index in [1.54, 1.807) is 11.3 Å². The van der Waals surface area contributed by atoms with Crippen molar-refractivity contribution in [3.63, 3.8) is 0 Å². The molecule has 1 N–H and O–H groups in total. The van der Waals surface area contributed by atoms with Gasteiger partial charge in [-0.3, -0.25) is 4.99 Å². The fourth-order valence-corrected chi connectivity index (χ4v) is 3.58. The van der Waals surface area contributed by atoms with Gasteiger partial charge < -0.3 is 15.1 Å². The molecule has 1 aliphatic rings. The molecule has 1 fully saturated rings. The molecule has 0 aromatic carbocycles. The van der Waals surface area contributed by atoms with Crippen LogP contribution in [0.25, 0.3) is 0 Å². The van der Waals surface area contributed by atoms with E-state index in [4.69, 9.17) is 4.99 Å². The summed E-state index contributed by atoms with van der Waals surface area (Å²) in [5.41, 5.74) is 1.12. The van der Waals surface area contributed by atoms with Crippen molar-refractivity contribution in [1.29, 1.82) is 0 Å². The van der Waals surface area contributed by atoms with Gasteiger partial charge in [-0.05, 0) is 45.7 Å². The Bertz CT molecular complexity index is 493. The maximum atomic E-state index is 4.84. The van der Waals surface area contributed by atoms with Gasteiger partial charge in [-0.15, -0.1) is 11.3 Å². The standard InChI is InChI=1S/C17H31N5S/c1-5-18-17(21(4)12-16-13-23-15(3)20-16)19-10-14(2)11-22-8-6-7-9-22/h13-14H,5-12H2,1-4H3,(H,18,19). The predicted octanol–water partition coefficient (Wildman–Crippen LogP) is 2.58. The number of nitrogens with one attached hydrogen (secondary N) is 1. The maximum Gasteiger partial charge on any atom is 0.194 e. The van der Waals surface area contributed by atoms with Crippen molar-refractivity contribution in [3.05, 3.63) is 16.1 Å². The molecule has 0 aliphatic carbocycles. The van der Waals surface area contributed by atoms with E-state index in [0.29, 0.717) is 5.92 Å². The second kappa shape index (κ2) is 9.23. The summed E-state index contributed by atoms with van der Waals surface area (Å²) in [5, 5.41) is 6.65. The van der Waals surface area contributed by atoms with Gasteiger partial charge in [-0.25, -0.2) is 4.98 Å². The van der Waals surface area contributed by atoms with E-state index >= 15 is 0 Å². The molecule has 1 aromatic rings. The number of thiazole rings is 1. The van der Waals surface area contributed by atoms with Gasteiger partial charge in [0.25, 0.3) is 0 Å². The molecular weight excluding hydrogens is 306 g/mol. The molecule has 6 heteroatoms. The van der Waals surface area contributed by atoms with E-state index in [-0.39, 0.29) is 0 Å². The van der Waals surface area contributed by atoms with Crippen LogP contribution in [0, 0.1) is 12.8 Å². The summed E-state index contributed by atoms with van der Waals surface area (Å²) in [7, 11) is 2.08. The van der Waals surface area contributed by atoms with Crippen LogP contribution in [0.15, 0.2) is 10.4 Å². The van der Waals surface area contributed by atoms with E-state index in [2.05, 4.69) is 46.4 Å². The molecule has 0 spiro atoms. The third kappa shape index (κ3) is 6.11. The Kier molecular flexibility index (Phi) is 7.30. The van der Waals surface area contributed by atoms with E-state index in [1.807, 2.05) is 6.92 Å². The molecule has 0 radical (unpaired) electrons. The highest BCUT2D eigenvalue weighted by Crippen LogP contribution is 2.12. The van der Waals surface area contributed by atoms with Gasteiger partial charge in [-0.2, -0.15) is 0 Å². The number of nitrogens with zero attached hydrogens (tertiary/aromatic N) is 4. The van der Waals surface area contributed by atoms with Crippen LogP contribution in [0.1, 0.15) is 37.4 Å². The SMILES string of the molecule is CCNC(=NCC(C)CN1CCCC1)N(C)Cc1csc(C)n1. The summed E-state index contributed by atoms with van der Waals surface area (Å²) < 4.78 is 0. The molecule has 1 aromatic heterocycles. The Hall–Kier alpha value is -1.14. The van der Waals surface area contributed by atoms with Crippen molar-refractivity contribution in [2.45, 2.75) is 40.2 Å². The molecule has 2 rings (SSSR count). The monoisotopic (exact) mass is 337 g/mol. The molecule has 1 aliphatic heterocycles. The fourth-order valence-electron chi connectivity index (χ4n) is 2.97. The van der Waals surface area contributed by atoms with Gasteiger partial charge in [0.2, 0.25) is 0 Å². The topological polar surface area (TPSA) is 43.8 Å². The first-order valence-corrected chi connectivity index (χ1v) is 9.59. The van der Waals surface area contributed by atoms with Crippen LogP contribution in [0.3, 0.4) is 0 Å². The third-order valence-corrected chi connectivity index (χ3v) is 4.91. The number of aromatic nitrogens is 1. The Morgan fingerprint density at radius 2 is 2.22 bits per heavy atom. The van der Waals surface area contributed by atoms with Crippen molar-refractivity contribution >= 4 is 17.3 Å². The minimum atomic E-state index is 0.594. The van der Waals surface area contributed by atoms with Gasteiger partial charge >= 0.3 is 0 Å². The first kappa shape index (κ1) is 18.2. The average Bonchev–Trinajstić information content (AvgIpc) is 3.15. The second-order valence-electron chi connectivity index (χ2n) is 6.52. The summed E-state index contributed by atoms with van der Waals surface area (Å²) >= 11 is 1.70. The van der Waals surface area contributed by atoms with Crippen LogP contribution in [0.4, 0.5) is 0 Å². The van der Waals surface area contributed by atoms with Crippen molar-refractivity contribution in [2.24, 2.45) is 10.9 Å². The molecule has 1 unspecified atom stereocenters. The largest absolute Gasteiger partial charge is 0.357 e. The summed E-state index contributed by atoms with van der Waals surface area (Å²) in [6, 6.07) is 0. The summed E-state index contributed by atoms with van der Waals surface area (Å²) in [4.78, 5) is 14.1. The molecule has 23 heavy (non-hydrogen) atoms. The zero-order valence-corrected chi connectivity index (χ0v) is 15.8. The first-order valence-electron chi connectivity index (χ1n) is 8.71. The number of hydrogen-bond donors (Lipinski definition) is 1. The average molecular weight is 338 g/mol. The predicted molar refractivity (Wildman–Crippen MR) is 99.1 cm³/mol. The highest BCUT2D eigenvalue weighted by molar-refractivity contribution is 7.09. The van der Waals surface area contributed by atoms with Gasteiger partial charge in [-0.1, -0.05) is 6.92 Å². The number of aliphatic imine (C=N–C) groups is 1. The van der Waals surface area contributed by atoms with Crippen LogP contribution in [-0.4, -0.2) is 60.5 Å². The Labute approximate surface area is 144 Å². The normalized spacial score (nSPS) is 17.5. The summed E-state index contributed by atoms with van der Waals surface area (Å²) in [5.74, 6) is 1.57. The van der Waals surface area contributed by atoms with Crippen molar-refractivity contribution in [2.75, 3.05) is 39.8 Å². The number of guanidine groups is 1. The zero-order valence-electron chi connectivity index (χ0n) is 15.0. The molecule has 5 nitrogen and oxygen atoms in total. The zero-order chi connectivity index (χ0) is 16.7. The van der Waals surface area contributed by atoms with Crippen molar-refractivity contribution < 1.29 is 0 Å². The number of hydrogen-bond acceptors (Lipinski definition) is 4. The lowest BCUT2D eigenvalue weighted by molar-refractivity contribution is 0.291. The molecule has 130 valence electrons.